The molecule has 1 aliphatic carbocycles. The number of aryl methyl sites for hydroxylation is 1. The monoisotopic (exact) mass is 440 g/mol. The highest BCUT2D eigenvalue weighted by atomic mass is 16.4. The van der Waals surface area contributed by atoms with Crippen molar-refractivity contribution in [3.05, 3.63) is 30.2 Å². The molecule has 4 rings (SSSR count). The third kappa shape index (κ3) is 5.01. The molecule has 2 aromatic rings. The van der Waals surface area contributed by atoms with Crippen molar-refractivity contribution in [2.24, 2.45) is 5.41 Å². The summed E-state index contributed by atoms with van der Waals surface area (Å²) >= 11 is 0. The van der Waals surface area contributed by atoms with E-state index in [1.54, 1.807) is 12.4 Å². The zero-order chi connectivity index (χ0) is 22.8. The largest absolute Gasteiger partial charge is 0.481 e. The molecule has 3 heterocycles. The highest BCUT2D eigenvalue weighted by molar-refractivity contribution is 5.91. The maximum Gasteiger partial charge on any atom is 0.303 e. The lowest BCUT2D eigenvalue weighted by atomic mass is 9.79. The predicted molar refractivity (Wildman–Crippen MR) is 121 cm³/mol. The van der Waals surface area contributed by atoms with Crippen molar-refractivity contribution in [3.63, 3.8) is 0 Å². The zero-order valence-corrected chi connectivity index (χ0v) is 18.6. The molecule has 0 spiro atoms. The molecule has 3 N–H and O–H groups in total. The molecule has 8 heteroatoms. The lowest BCUT2D eigenvalue weighted by Gasteiger charge is -2.41. The summed E-state index contributed by atoms with van der Waals surface area (Å²) in [5, 5.41) is 24.4. The van der Waals surface area contributed by atoms with Crippen molar-refractivity contribution in [3.8, 4) is 0 Å². The van der Waals surface area contributed by atoms with Crippen LogP contribution in [0.4, 0.5) is 5.69 Å². The SMILES string of the molecule is Cc1cc(N2CCC[C@](O)(CNC(=O)CC3(CC(=O)O)CCCC3)C2)c2cnccc2n1. The fourth-order valence-electron chi connectivity index (χ4n) is 5.43. The predicted octanol–water partition coefficient (Wildman–Crippen LogP) is 2.81. The van der Waals surface area contributed by atoms with Gasteiger partial charge in [0.25, 0.3) is 0 Å². The summed E-state index contributed by atoms with van der Waals surface area (Å²) in [5.74, 6) is -1.02. The number of aliphatic hydroxyl groups is 1. The van der Waals surface area contributed by atoms with Gasteiger partial charge in [0.05, 0.1) is 17.5 Å². The Kier molecular flexibility index (Phi) is 6.33. The number of amides is 1. The molecule has 0 radical (unpaired) electrons. The van der Waals surface area contributed by atoms with Crippen LogP contribution in [-0.2, 0) is 9.59 Å². The van der Waals surface area contributed by atoms with Crippen LogP contribution in [0.3, 0.4) is 0 Å². The first kappa shape index (κ1) is 22.5. The number of carboxylic acid groups (broad SMARTS) is 1. The Morgan fingerprint density at radius 3 is 2.72 bits per heavy atom. The van der Waals surface area contributed by atoms with Gasteiger partial charge in [0.15, 0.2) is 0 Å². The number of rotatable bonds is 7. The number of carboxylic acids is 1. The van der Waals surface area contributed by atoms with Crippen LogP contribution in [-0.4, -0.2) is 57.3 Å². The van der Waals surface area contributed by atoms with Gasteiger partial charge in [0.1, 0.15) is 0 Å². The molecule has 1 saturated carbocycles. The smallest absolute Gasteiger partial charge is 0.303 e. The minimum absolute atomic E-state index is 0.0287. The number of hydrogen-bond donors (Lipinski definition) is 3. The maximum atomic E-state index is 12.7. The van der Waals surface area contributed by atoms with Crippen LogP contribution in [0.2, 0.25) is 0 Å². The quantitative estimate of drug-likeness (QED) is 0.606. The van der Waals surface area contributed by atoms with Gasteiger partial charge in [-0.25, -0.2) is 0 Å². The van der Waals surface area contributed by atoms with Gasteiger partial charge >= 0.3 is 5.97 Å². The number of carbonyl (C=O) groups excluding carboxylic acids is 1. The first-order chi connectivity index (χ1) is 15.3. The number of nitrogens with zero attached hydrogens (tertiary/aromatic N) is 3. The Morgan fingerprint density at radius 2 is 1.97 bits per heavy atom. The molecule has 1 atom stereocenters. The number of aromatic nitrogens is 2. The van der Waals surface area contributed by atoms with Crippen LogP contribution in [0, 0.1) is 12.3 Å². The van der Waals surface area contributed by atoms with E-state index in [1.165, 1.54) is 0 Å². The third-order valence-electron chi connectivity index (χ3n) is 6.95. The Hall–Kier alpha value is -2.74. The first-order valence-electron chi connectivity index (χ1n) is 11.4. The molecular formula is C24H32N4O4. The van der Waals surface area contributed by atoms with Crippen LogP contribution >= 0.6 is 0 Å². The number of piperidine rings is 1. The summed E-state index contributed by atoms with van der Waals surface area (Å²) in [7, 11) is 0. The first-order valence-corrected chi connectivity index (χ1v) is 11.4. The van der Waals surface area contributed by atoms with E-state index in [-0.39, 0.29) is 25.3 Å². The average Bonchev–Trinajstić information content (AvgIpc) is 3.19. The molecule has 2 fully saturated rings. The van der Waals surface area contributed by atoms with E-state index >= 15 is 0 Å². The minimum Gasteiger partial charge on any atom is -0.481 e. The van der Waals surface area contributed by atoms with Crippen LogP contribution in [0.15, 0.2) is 24.5 Å². The second-order valence-electron chi connectivity index (χ2n) is 9.66. The molecule has 0 aromatic carbocycles. The molecule has 2 aromatic heterocycles. The normalized spacial score (nSPS) is 22.8. The molecule has 8 nitrogen and oxygen atoms in total. The van der Waals surface area contributed by atoms with Crippen LogP contribution < -0.4 is 10.2 Å². The number of β-amino-alcohol motifs (C(OH)–C–C–N with tert-alkyl or cyclic N) is 1. The molecular weight excluding hydrogens is 408 g/mol. The third-order valence-corrected chi connectivity index (χ3v) is 6.95. The number of hydrogen-bond acceptors (Lipinski definition) is 6. The number of fused-ring (bicyclic) bond motifs is 1. The van der Waals surface area contributed by atoms with Gasteiger partial charge in [0, 0.05) is 55.2 Å². The fraction of sp³-hybridized carbons (Fsp3) is 0.583. The molecule has 1 aliphatic heterocycles. The van der Waals surface area contributed by atoms with Crippen molar-refractivity contribution in [1.29, 1.82) is 0 Å². The summed E-state index contributed by atoms with van der Waals surface area (Å²) in [4.78, 5) is 35.0. The van der Waals surface area contributed by atoms with Crippen molar-refractivity contribution in [1.82, 2.24) is 15.3 Å². The van der Waals surface area contributed by atoms with Crippen LogP contribution in [0.1, 0.15) is 57.1 Å². The van der Waals surface area contributed by atoms with Gasteiger partial charge in [-0.2, -0.15) is 0 Å². The van der Waals surface area contributed by atoms with Crippen LogP contribution in [0.25, 0.3) is 10.9 Å². The average molecular weight is 441 g/mol. The van der Waals surface area contributed by atoms with Crippen molar-refractivity contribution in [2.45, 2.75) is 63.9 Å². The number of aliphatic carboxylic acids is 1. The lowest BCUT2D eigenvalue weighted by molar-refractivity contribution is -0.140. The standard InChI is InChI=1S/C24H32N4O4/c1-17-11-20(18-14-25-9-5-19(18)27-17)28-10-4-8-24(32,16-28)15-26-21(29)12-23(13-22(30)31)6-2-3-7-23/h5,9,11,14,32H,2-4,6-8,10,12-13,15-16H2,1H3,(H,26,29)(H,30,31)/t24-/m0/s1. The Balaban J connectivity index is 1.43. The summed E-state index contributed by atoms with van der Waals surface area (Å²) in [6, 6.07) is 3.91. The van der Waals surface area contributed by atoms with E-state index in [2.05, 4.69) is 20.2 Å². The van der Waals surface area contributed by atoms with Crippen molar-refractivity contribution >= 4 is 28.5 Å². The van der Waals surface area contributed by atoms with E-state index < -0.39 is 17.0 Å². The highest BCUT2D eigenvalue weighted by Crippen LogP contribution is 2.44. The minimum atomic E-state index is -1.05. The number of nitrogens with one attached hydrogen (secondary N) is 1. The highest BCUT2D eigenvalue weighted by Gasteiger charge is 2.39. The number of anilines is 1. The van der Waals surface area contributed by atoms with E-state index in [1.807, 2.05) is 19.1 Å². The number of carbonyl (C=O) groups is 2. The second-order valence-corrected chi connectivity index (χ2v) is 9.66. The zero-order valence-electron chi connectivity index (χ0n) is 18.6. The molecule has 2 aliphatic rings. The van der Waals surface area contributed by atoms with Gasteiger partial charge in [-0.05, 0) is 50.2 Å². The van der Waals surface area contributed by atoms with E-state index in [9.17, 15) is 19.8 Å². The van der Waals surface area contributed by atoms with Crippen LogP contribution in [0.5, 0.6) is 0 Å². The summed E-state index contributed by atoms with van der Waals surface area (Å²) in [5.41, 5.74) is 1.28. The van der Waals surface area contributed by atoms with Crippen molar-refractivity contribution in [2.75, 3.05) is 24.5 Å². The summed E-state index contributed by atoms with van der Waals surface area (Å²) in [6.07, 6.45) is 8.64. The molecule has 0 bridgehead atoms. The topological polar surface area (TPSA) is 116 Å². The molecule has 32 heavy (non-hydrogen) atoms. The summed E-state index contributed by atoms with van der Waals surface area (Å²) in [6.45, 7) is 3.33. The molecule has 1 amide bonds. The van der Waals surface area contributed by atoms with Gasteiger partial charge in [-0.15, -0.1) is 0 Å². The Morgan fingerprint density at radius 1 is 1.19 bits per heavy atom. The van der Waals surface area contributed by atoms with Gasteiger partial charge < -0.3 is 20.4 Å². The number of pyridine rings is 2. The fourth-order valence-corrected chi connectivity index (χ4v) is 5.43. The molecule has 1 saturated heterocycles. The Bertz CT molecular complexity index is 1000. The van der Waals surface area contributed by atoms with E-state index in [0.717, 1.165) is 60.9 Å². The Labute approximate surface area is 188 Å². The van der Waals surface area contributed by atoms with Crippen molar-refractivity contribution < 1.29 is 19.8 Å². The van der Waals surface area contributed by atoms with E-state index in [4.69, 9.17) is 0 Å². The second kappa shape index (κ2) is 9.02. The summed E-state index contributed by atoms with van der Waals surface area (Å²) < 4.78 is 0. The molecule has 0 unspecified atom stereocenters. The van der Waals surface area contributed by atoms with Gasteiger partial charge in [-0.3, -0.25) is 19.6 Å². The maximum absolute atomic E-state index is 12.7. The molecule has 172 valence electrons. The van der Waals surface area contributed by atoms with E-state index in [0.29, 0.717) is 13.0 Å². The van der Waals surface area contributed by atoms with Gasteiger partial charge in [-0.1, -0.05) is 12.8 Å². The lowest BCUT2D eigenvalue weighted by Crippen LogP contribution is -2.54. The van der Waals surface area contributed by atoms with Gasteiger partial charge in [0.2, 0.25) is 5.91 Å².